The highest BCUT2D eigenvalue weighted by Gasteiger charge is 2.28. The molecule has 0 atom stereocenters. The summed E-state index contributed by atoms with van der Waals surface area (Å²) in [6, 6.07) is 13.6. The molecule has 0 saturated carbocycles. The highest BCUT2D eigenvalue weighted by Crippen LogP contribution is 2.39. The Morgan fingerprint density at radius 1 is 0.759 bits per heavy atom. The molecule has 0 radical (unpaired) electrons. The minimum absolute atomic E-state index is 0.0879. The number of hydrogen-bond acceptors (Lipinski definition) is 1. The van der Waals surface area contributed by atoms with E-state index < -0.39 is 0 Å². The highest BCUT2D eigenvalue weighted by atomic mass is 14.8. The molecule has 1 nitrogen and oxygen atoms in total. The van der Waals surface area contributed by atoms with Crippen LogP contribution in [0.15, 0.2) is 47.5 Å². The van der Waals surface area contributed by atoms with Crippen molar-refractivity contribution in [1.82, 2.24) is 0 Å². The van der Waals surface area contributed by atoms with Crippen molar-refractivity contribution in [3.8, 4) is 0 Å². The summed E-state index contributed by atoms with van der Waals surface area (Å²) in [7, 11) is 0. The van der Waals surface area contributed by atoms with E-state index in [1.54, 1.807) is 0 Å². The first-order chi connectivity index (χ1) is 13.5. The fourth-order valence-electron chi connectivity index (χ4n) is 4.09. The van der Waals surface area contributed by atoms with E-state index in [2.05, 4.69) is 105 Å². The third kappa shape index (κ3) is 4.39. The topological polar surface area (TPSA) is 12.4 Å². The zero-order valence-corrected chi connectivity index (χ0v) is 19.7. The summed E-state index contributed by atoms with van der Waals surface area (Å²) in [5, 5.41) is 0. The van der Waals surface area contributed by atoms with Gasteiger partial charge < -0.3 is 0 Å². The summed E-state index contributed by atoms with van der Waals surface area (Å²) in [5.74, 6) is 1.42. The lowest BCUT2D eigenvalue weighted by atomic mass is 9.81. The van der Waals surface area contributed by atoms with Crippen LogP contribution in [0.4, 0.5) is 0 Å². The van der Waals surface area contributed by atoms with Gasteiger partial charge in [-0.2, -0.15) is 0 Å². The van der Waals surface area contributed by atoms with Gasteiger partial charge in [-0.25, -0.2) is 4.99 Å². The van der Waals surface area contributed by atoms with Crippen LogP contribution in [-0.4, -0.2) is 5.71 Å². The zero-order valence-electron chi connectivity index (χ0n) is 19.7. The van der Waals surface area contributed by atoms with Crippen LogP contribution in [0.3, 0.4) is 0 Å². The smallest absolute Gasteiger partial charge is 0.0794 e. The van der Waals surface area contributed by atoms with E-state index in [0.717, 1.165) is 11.4 Å². The molecule has 0 spiro atoms. The predicted octanol–water partition coefficient (Wildman–Crippen LogP) is 8.29. The summed E-state index contributed by atoms with van der Waals surface area (Å²) in [6.07, 6.45) is 2.31. The molecule has 0 fully saturated rings. The number of rotatable bonds is 4. The lowest BCUT2D eigenvalue weighted by Crippen LogP contribution is -2.13. The molecule has 2 aromatic rings. The van der Waals surface area contributed by atoms with Crippen molar-refractivity contribution >= 4 is 11.4 Å². The Kier molecular flexibility index (Phi) is 5.90. The molecule has 154 valence electrons. The second-order valence-electron chi connectivity index (χ2n) is 10.4. The van der Waals surface area contributed by atoms with Crippen molar-refractivity contribution in [2.75, 3.05) is 0 Å². The van der Waals surface area contributed by atoms with Gasteiger partial charge in [-0.15, -0.1) is 0 Å². The quantitative estimate of drug-likeness (QED) is 0.500. The maximum absolute atomic E-state index is 5.25. The standard InChI is InChI=1S/C28H37N/c1-17(2)20-14-23(18(3)4)26(24(15-20)19(5)6)27-22-13-11-10-12-21(22)25(29-27)16-28(7,8)9/h10-19H,1-9H3/b25-16-. The van der Waals surface area contributed by atoms with Gasteiger partial charge >= 0.3 is 0 Å². The van der Waals surface area contributed by atoms with E-state index in [1.165, 1.54) is 33.4 Å². The monoisotopic (exact) mass is 387 g/mol. The van der Waals surface area contributed by atoms with Gasteiger partial charge in [0, 0.05) is 16.7 Å². The third-order valence-electron chi connectivity index (χ3n) is 5.63. The molecule has 1 heterocycles. The largest absolute Gasteiger partial charge is 0.247 e. The molecule has 0 bridgehead atoms. The normalized spacial score (nSPS) is 15.6. The van der Waals surface area contributed by atoms with Gasteiger partial charge in [-0.05, 0) is 39.9 Å². The minimum Gasteiger partial charge on any atom is -0.247 e. The fourth-order valence-corrected chi connectivity index (χ4v) is 4.09. The summed E-state index contributed by atoms with van der Waals surface area (Å²) in [5.41, 5.74) is 10.5. The summed E-state index contributed by atoms with van der Waals surface area (Å²) < 4.78 is 0. The molecule has 1 aliphatic rings. The van der Waals surface area contributed by atoms with Crippen LogP contribution in [0.2, 0.25) is 0 Å². The molecule has 1 aliphatic heterocycles. The van der Waals surface area contributed by atoms with Crippen LogP contribution in [0, 0.1) is 5.41 Å². The van der Waals surface area contributed by atoms with Gasteiger partial charge in [-0.1, -0.05) is 105 Å². The van der Waals surface area contributed by atoms with Gasteiger partial charge in [0.25, 0.3) is 0 Å². The maximum atomic E-state index is 5.25. The van der Waals surface area contributed by atoms with Gasteiger partial charge in [0.05, 0.1) is 11.4 Å². The maximum Gasteiger partial charge on any atom is 0.0794 e. The molecular formula is C28H37N. The van der Waals surface area contributed by atoms with E-state index >= 15 is 0 Å². The molecule has 0 aliphatic carbocycles. The molecule has 0 aromatic heterocycles. The van der Waals surface area contributed by atoms with Crippen molar-refractivity contribution in [2.24, 2.45) is 10.4 Å². The second-order valence-corrected chi connectivity index (χ2v) is 10.4. The third-order valence-corrected chi connectivity index (χ3v) is 5.63. The van der Waals surface area contributed by atoms with Crippen LogP contribution in [-0.2, 0) is 0 Å². The Bertz CT molecular complexity index is 933. The Balaban J connectivity index is 2.35. The summed E-state index contributed by atoms with van der Waals surface area (Å²) in [6.45, 7) is 20.5. The van der Waals surface area contributed by atoms with Crippen molar-refractivity contribution in [1.29, 1.82) is 0 Å². The molecule has 0 N–H and O–H groups in total. The van der Waals surface area contributed by atoms with Crippen LogP contribution in [0.1, 0.15) is 113 Å². The van der Waals surface area contributed by atoms with Gasteiger partial charge in [0.15, 0.2) is 0 Å². The molecular weight excluding hydrogens is 350 g/mol. The first kappa shape index (κ1) is 21.6. The van der Waals surface area contributed by atoms with Gasteiger partial charge in [0.1, 0.15) is 0 Å². The van der Waals surface area contributed by atoms with E-state index in [4.69, 9.17) is 4.99 Å². The minimum atomic E-state index is 0.0879. The number of fused-ring (bicyclic) bond motifs is 1. The van der Waals surface area contributed by atoms with E-state index in [1.807, 2.05) is 0 Å². The Morgan fingerprint density at radius 2 is 1.28 bits per heavy atom. The molecule has 1 heteroatoms. The average Bonchev–Trinajstić information content (AvgIpc) is 2.97. The van der Waals surface area contributed by atoms with E-state index in [0.29, 0.717) is 17.8 Å². The van der Waals surface area contributed by atoms with Crippen LogP contribution >= 0.6 is 0 Å². The number of allylic oxidation sites excluding steroid dienone is 1. The second kappa shape index (κ2) is 7.94. The lowest BCUT2D eigenvalue weighted by molar-refractivity contribution is 0.545. The van der Waals surface area contributed by atoms with Gasteiger partial charge in [-0.3, -0.25) is 0 Å². The van der Waals surface area contributed by atoms with E-state index in [-0.39, 0.29) is 5.41 Å². The van der Waals surface area contributed by atoms with Crippen LogP contribution < -0.4 is 0 Å². The molecule has 29 heavy (non-hydrogen) atoms. The summed E-state index contributed by atoms with van der Waals surface area (Å²) >= 11 is 0. The Hall–Kier alpha value is -2.15. The van der Waals surface area contributed by atoms with Gasteiger partial charge in [0.2, 0.25) is 0 Å². The van der Waals surface area contributed by atoms with Crippen LogP contribution in [0.25, 0.3) is 5.70 Å². The molecule has 0 unspecified atom stereocenters. The van der Waals surface area contributed by atoms with E-state index in [9.17, 15) is 0 Å². The zero-order chi connectivity index (χ0) is 21.5. The number of nitrogens with zero attached hydrogens (tertiary/aromatic N) is 1. The lowest BCUT2D eigenvalue weighted by Gasteiger charge is -2.23. The Morgan fingerprint density at radius 3 is 1.72 bits per heavy atom. The first-order valence-electron chi connectivity index (χ1n) is 11.1. The van der Waals surface area contributed by atoms with Crippen molar-refractivity contribution in [2.45, 2.75) is 80.1 Å². The Labute approximate surface area is 178 Å². The predicted molar refractivity (Wildman–Crippen MR) is 128 cm³/mol. The molecule has 0 amide bonds. The van der Waals surface area contributed by atoms with Crippen molar-refractivity contribution < 1.29 is 0 Å². The number of benzene rings is 2. The number of aliphatic imine (C=N–C) groups is 1. The molecule has 2 aromatic carbocycles. The number of hydrogen-bond donors (Lipinski definition) is 0. The molecule has 0 saturated heterocycles. The highest BCUT2D eigenvalue weighted by molar-refractivity contribution is 6.21. The fraction of sp³-hybridized carbons (Fsp3) is 0.464. The average molecular weight is 388 g/mol. The van der Waals surface area contributed by atoms with Crippen molar-refractivity contribution in [3.63, 3.8) is 0 Å². The SMILES string of the molecule is CC(C)c1cc(C(C)C)c(C2=N/C(=C\C(C)(C)C)c3ccccc32)c(C(C)C)c1. The molecule has 3 rings (SSSR count). The summed E-state index contributed by atoms with van der Waals surface area (Å²) in [4.78, 5) is 5.25. The van der Waals surface area contributed by atoms with Crippen molar-refractivity contribution in [3.05, 3.63) is 75.9 Å². The van der Waals surface area contributed by atoms with Crippen LogP contribution in [0.5, 0.6) is 0 Å². The first-order valence-corrected chi connectivity index (χ1v) is 11.1.